The van der Waals surface area contributed by atoms with Gasteiger partial charge in [0.15, 0.2) is 5.82 Å². The zero-order valence-electron chi connectivity index (χ0n) is 15.8. The van der Waals surface area contributed by atoms with Gasteiger partial charge in [0, 0.05) is 17.1 Å². The molecule has 1 amide bonds. The number of alkyl halides is 2. The smallest absolute Gasteiger partial charge is 0.387 e. The van der Waals surface area contributed by atoms with Crippen molar-refractivity contribution in [2.45, 2.75) is 30.5 Å². The number of ether oxygens (including phenoxy) is 1. The Morgan fingerprint density at radius 1 is 1.20 bits per heavy atom. The number of carbonyl (C=O) groups is 1. The van der Waals surface area contributed by atoms with E-state index < -0.39 is 11.9 Å². The van der Waals surface area contributed by atoms with Crippen LogP contribution in [0, 0.1) is 0 Å². The third-order valence-electron chi connectivity index (χ3n) is 4.03. The van der Waals surface area contributed by atoms with Crippen LogP contribution in [0.4, 0.5) is 8.78 Å². The number of nitrogens with one attached hydrogen (secondary N) is 1. The number of carbonyl (C=O) groups excluding carboxylic acids is 1. The fourth-order valence-electron chi connectivity index (χ4n) is 2.49. The van der Waals surface area contributed by atoms with Crippen molar-refractivity contribution in [3.63, 3.8) is 0 Å². The molecule has 1 aromatic heterocycles. The predicted molar refractivity (Wildman–Crippen MR) is 111 cm³/mol. The average Bonchev–Trinajstić information content (AvgIpc) is 3.07. The highest BCUT2D eigenvalue weighted by Gasteiger charge is 2.20. The summed E-state index contributed by atoms with van der Waals surface area (Å²) in [7, 11) is 0. The molecule has 7 nitrogen and oxygen atoms in total. The third kappa shape index (κ3) is 5.61. The average molecular weight is 454 g/mol. The van der Waals surface area contributed by atoms with Crippen molar-refractivity contribution >= 4 is 29.3 Å². The van der Waals surface area contributed by atoms with Crippen molar-refractivity contribution in [1.29, 1.82) is 0 Å². The Labute approximate surface area is 180 Å². The number of amides is 1. The van der Waals surface area contributed by atoms with Crippen molar-refractivity contribution < 1.29 is 18.3 Å². The molecule has 2 aromatic carbocycles. The first-order valence-corrected chi connectivity index (χ1v) is 10.0. The van der Waals surface area contributed by atoms with Crippen LogP contribution < -0.4 is 15.9 Å². The van der Waals surface area contributed by atoms with Crippen LogP contribution in [0.15, 0.2) is 53.7 Å². The number of hydrogen-bond donors (Lipinski definition) is 2. The molecule has 0 spiro atoms. The SMILES string of the molecule is CC(Sc1nnc(-c2ccc(OC(F)F)cc2)n1N)C(=O)NCc1ccc(Cl)cc1. The number of rotatable bonds is 8. The predicted octanol–water partition coefficient (Wildman–Crippen LogP) is 3.71. The van der Waals surface area contributed by atoms with Gasteiger partial charge in [0.25, 0.3) is 0 Å². The lowest BCUT2D eigenvalue weighted by molar-refractivity contribution is -0.120. The van der Waals surface area contributed by atoms with E-state index >= 15 is 0 Å². The normalized spacial score (nSPS) is 12.0. The van der Waals surface area contributed by atoms with Gasteiger partial charge in [-0.3, -0.25) is 4.79 Å². The molecule has 0 radical (unpaired) electrons. The second kappa shape index (κ2) is 9.77. The topological polar surface area (TPSA) is 95.1 Å². The fourth-order valence-corrected chi connectivity index (χ4v) is 3.41. The quantitative estimate of drug-likeness (QED) is 0.399. The highest BCUT2D eigenvalue weighted by Crippen LogP contribution is 2.26. The van der Waals surface area contributed by atoms with Crippen molar-refractivity contribution in [3.05, 3.63) is 59.1 Å². The monoisotopic (exact) mass is 453 g/mol. The summed E-state index contributed by atoms with van der Waals surface area (Å²) in [6.45, 7) is -0.800. The molecule has 158 valence electrons. The largest absolute Gasteiger partial charge is 0.435 e. The van der Waals surface area contributed by atoms with Crippen LogP contribution in [0.1, 0.15) is 12.5 Å². The molecule has 1 unspecified atom stereocenters. The number of benzene rings is 2. The standard InChI is InChI=1S/C19H18ClF2N5O2S/c1-11(17(28)24-10-12-2-6-14(20)7-3-12)30-19-26-25-16(27(19)23)13-4-8-15(9-5-13)29-18(21)22/h2-9,11,18H,10,23H2,1H3,(H,24,28). The van der Waals surface area contributed by atoms with E-state index in [2.05, 4.69) is 20.3 Å². The highest BCUT2D eigenvalue weighted by atomic mass is 35.5. The number of hydrogen-bond acceptors (Lipinski definition) is 6. The summed E-state index contributed by atoms with van der Waals surface area (Å²) in [5, 5.41) is 11.4. The van der Waals surface area contributed by atoms with Crippen molar-refractivity contribution in [3.8, 4) is 17.1 Å². The molecular weight excluding hydrogens is 436 g/mol. The van der Waals surface area contributed by atoms with Gasteiger partial charge in [-0.15, -0.1) is 10.2 Å². The molecule has 11 heteroatoms. The third-order valence-corrected chi connectivity index (χ3v) is 5.34. The summed E-state index contributed by atoms with van der Waals surface area (Å²) in [5.74, 6) is 6.22. The molecule has 1 atom stereocenters. The minimum Gasteiger partial charge on any atom is -0.435 e. The molecule has 0 bridgehead atoms. The van der Waals surface area contributed by atoms with E-state index in [1.165, 1.54) is 16.8 Å². The first kappa shape index (κ1) is 21.8. The zero-order chi connectivity index (χ0) is 21.7. The summed E-state index contributed by atoms with van der Waals surface area (Å²) >= 11 is 7.00. The number of nitrogens with two attached hydrogens (primary N) is 1. The zero-order valence-corrected chi connectivity index (χ0v) is 17.3. The summed E-state index contributed by atoms with van der Waals surface area (Å²) in [5.41, 5.74) is 1.49. The molecule has 1 heterocycles. The van der Waals surface area contributed by atoms with Gasteiger partial charge < -0.3 is 15.9 Å². The van der Waals surface area contributed by atoms with Gasteiger partial charge in [0.05, 0.1) is 5.25 Å². The van der Waals surface area contributed by atoms with E-state index in [0.29, 0.717) is 28.1 Å². The summed E-state index contributed by atoms with van der Waals surface area (Å²) in [4.78, 5) is 12.4. The van der Waals surface area contributed by atoms with Crippen LogP contribution in [-0.4, -0.2) is 32.6 Å². The second-order valence-electron chi connectivity index (χ2n) is 6.18. The number of aromatic nitrogens is 3. The van der Waals surface area contributed by atoms with Gasteiger partial charge in [0.1, 0.15) is 5.75 Å². The Hall–Kier alpha value is -2.85. The van der Waals surface area contributed by atoms with Gasteiger partial charge in [-0.25, -0.2) is 4.68 Å². The Morgan fingerprint density at radius 3 is 2.50 bits per heavy atom. The first-order chi connectivity index (χ1) is 14.3. The van der Waals surface area contributed by atoms with Crippen LogP contribution >= 0.6 is 23.4 Å². The molecule has 0 aliphatic carbocycles. The van der Waals surface area contributed by atoms with Gasteiger partial charge in [-0.05, 0) is 48.9 Å². The van der Waals surface area contributed by atoms with E-state index in [9.17, 15) is 13.6 Å². The molecule has 0 saturated heterocycles. The Bertz CT molecular complexity index is 999. The maximum Gasteiger partial charge on any atom is 0.387 e. The lowest BCUT2D eigenvalue weighted by Crippen LogP contribution is -2.30. The lowest BCUT2D eigenvalue weighted by Gasteiger charge is -2.12. The van der Waals surface area contributed by atoms with Crippen molar-refractivity contribution in [2.24, 2.45) is 0 Å². The fraction of sp³-hybridized carbons (Fsp3) is 0.211. The van der Waals surface area contributed by atoms with Crippen molar-refractivity contribution in [2.75, 3.05) is 5.84 Å². The minimum atomic E-state index is -2.90. The first-order valence-electron chi connectivity index (χ1n) is 8.78. The van der Waals surface area contributed by atoms with Gasteiger partial charge >= 0.3 is 6.61 Å². The van der Waals surface area contributed by atoms with E-state index in [1.54, 1.807) is 31.2 Å². The van der Waals surface area contributed by atoms with Gasteiger partial charge in [-0.2, -0.15) is 8.78 Å². The molecule has 0 aliphatic heterocycles. The molecule has 30 heavy (non-hydrogen) atoms. The maximum absolute atomic E-state index is 12.4. The molecule has 0 aliphatic rings. The maximum atomic E-state index is 12.4. The highest BCUT2D eigenvalue weighted by molar-refractivity contribution is 8.00. The van der Waals surface area contributed by atoms with Crippen LogP contribution in [-0.2, 0) is 11.3 Å². The van der Waals surface area contributed by atoms with E-state index in [0.717, 1.165) is 17.3 Å². The number of thioether (sulfide) groups is 1. The molecule has 0 fully saturated rings. The Kier molecular flexibility index (Phi) is 7.11. The number of nitrogens with zero attached hydrogens (tertiary/aromatic N) is 3. The van der Waals surface area contributed by atoms with Gasteiger partial charge in [0.2, 0.25) is 11.1 Å². The Balaban J connectivity index is 1.61. The summed E-state index contributed by atoms with van der Waals surface area (Å²) in [6.07, 6.45) is 0. The van der Waals surface area contributed by atoms with Crippen LogP contribution in [0.5, 0.6) is 5.75 Å². The van der Waals surface area contributed by atoms with Gasteiger partial charge in [-0.1, -0.05) is 35.5 Å². The molecule has 3 N–H and O–H groups in total. The molecule has 0 saturated carbocycles. The van der Waals surface area contributed by atoms with Crippen molar-refractivity contribution in [1.82, 2.24) is 20.2 Å². The number of halogens is 3. The summed E-state index contributed by atoms with van der Waals surface area (Å²) in [6, 6.07) is 13.0. The van der Waals surface area contributed by atoms with Crippen LogP contribution in [0.2, 0.25) is 5.02 Å². The summed E-state index contributed by atoms with van der Waals surface area (Å²) < 4.78 is 30.1. The van der Waals surface area contributed by atoms with E-state index in [-0.39, 0.29) is 11.7 Å². The van der Waals surface area contributed by atoms with Crippen LogP contribution in [0.3, 0.4) is 0 Å². The second-order valence-corrected chi connectivity index (χ2v) is 7.93. The minimum absolute atomic E-state index is 0.0254. The Morgan fingerprint density at radius 2 is 1.87 bits per heavy atom. The number of nitrogen functional groups attached to an aromatic ring is 1. The van der Waals surface area contributed by atoms with E-state index in [4.69, 9.17) is 17.4 Å². The molecule has 3 aromatic rings. The van der Waals surface area contributed by atoms with E-state index in [1.807, 2.05) is 12.1 Å². The molecular formula is C19H18ClF2N5O2S. The lowest BCUT2D eigenvalue weighted by atomic mass is 10.2. The molecule has 3 rings (SSSR count). The van der Waals surface area contributed by atoms with Crippen LogP contribution in [0.25, 0.3) is 11.4 Å².